The molecule has 0 bridgehead atoms. The van der Waals surface area contributed by atoms with Gasteiger partial charge in [0.15, 0.2) is 0 Å². The topological polar surface area (TPSA) is 52.6 Å². The maximum atomic E-state index is 13.2. The first-order chi connectivity index (χ1) is 16.6. The Labute approximate surface area is 199 Å². The van der Waals surface area contributed by atoms with Crippen LogP contribution < -0.4 is 9.47 Å². The molecule has 0 aromatic heterocycles. The third-order valence-corrected chi connectivity index (χ3v) is 5.72. The predicted molar refractivity (Wildman–Crippen MR) is 136 cm³/mol. The number of hydrogen-bond donors (Lipinski definition) is 0. The van der Waals surface area contributed by atoms with Crippen molar-refractivity contribution in [3.8, 4) is 11.5 Å². The number of fused-ring (bicyclic) bond motifs is 2. The van der Waals surface area contributed by atoms with E-state index in [0.717, 1.165) is 21.5 Å². The quantitative estimate of drug-likeness (QED) is 0.159. The molecule has 0 heterocycles. The van der Waals surface area contributed by atoms with Crippen molar-refractivity contribution in [2.75, 3.05) is 0 Å². The zero-order chi connectivity index (χ0) is 23.9. The molecule has 4 rings (SSSR count). The molecule has 0 amide bonds. The SMILES string of the molecule is CCC/C(C(=O)Oc1ccc2ccccc2c1)=C(/CCC)C(=O)Oc1ccc2ccccc2c1. The second-order valence-corrected chi connectivity index (χ2v) is 8.25. The zero-order valence-electron chi connectivity index (χ0n) is 19.5. The minimum absolute atomic E-state index is 0.378. The minimum atomic E-state index is -0.504. The molecule has 172 valence electrons. The molecule has 4 heteroatoms. The number of carbonyl (C=O) groups excluding carboxylic acids is 2. The molecule has 0 spiro atoms. The molecule has 4 aromatic carbocycles. The van der Waals surface area contributed by atoms with Gasteiger partial charge in [0.05, 0.1) is 0 Å². The lowest BCUT2D eigenvalue weighted by Gasteiger charge is -2.14. The van der Waals surface area contributed by atoms with E-state index in [-0.39, 0.29) is 0 Å². The average molecular weight is 453 g/mol. The van der Waals surface area contributed by atoms with Crippen LogP contribution in [0.3, 0.4) is 0 Å². The number of ether oxygens (including phenoxy) is 2. The summed E-state index contributed by atoms with van der Waals surface area (Å²) < 4.78 is 11.4. The van der Waals surface area contributed by atoms with Gasteiger partial charge in [0.1, 0.15) is 11.5 Å². The van der Waals surface area contributed by atoms with Crippen LogP contribution in [-0.4, -0.2) is 11.9 Å². The van der Waals surface area contributed by atoms with Crippen molar-refractivity contribution in [2.45, 2.75) is 39.5 Å². The van der Waals surface area contributed by atoms with Gasteiger partial charge < -0.3 is 9.47 Å². The Balaban J connectivity index is 1.61. The van der Waals surface area contributed by atoms with Crippen molar-refractivity contribution in [3.63, 3.8) is 0 Å². The number of esters is 2. The zero-order valence-corrected chi connectivity index (χ0v) is 19.5. The van der Waals surface area contributed by atoms with Gasteiger partial charge in [-0.3, -0.25) is 0 Å². The van der Waals surface area contributed by atoms with E-state index in [2.05, 4.69) is 0 Å². The van der Waals surface area contributed by atoms with Gasteiger partial charge in [-0.15, -0.1) is 0 Å². The molecule has 0 radical (unpaired) electrons. The standard InChI is InChI=1S/C30H28O4/c1-3-9-27(29(31)33-25-17-15-21-11-5-7-13-23(21)19-25)28(10-4-2)30(32)34-26-18-16-22-12-6-8-14-24(22)20-26/h5-8,11-20H,3-4,9-10H2,1-2H3/b28-27+. The smallest absolute Gasteiger partial charge is 0.339 e. The van der Waals surface area contributed by atoms with E-state index in [1.54, 1.807) is 12.1 Å². The molecule has 0 atom stereocenters. The predicted octanol–water partition coefficient (Wildman–Crippen LogP) is 7.40. The van der Waals surface area contributed by atoms with Crippen molar-refractivity contribution in [3.05, 3.63) is 96.1 Å². The first-order valence-corrected chi connectivity index (χ1v) is 11.7. The molecule has 0 fully saturated rings. The Kier molecular flexibility index (Phi) is 7.38. The van der Waals surface area contributed by atoms with E-state index < -0.39 is 11.9 Å². The van der Waals surface area contributed by atoms with Crippen LogP contribution in [0.25, 0.3) is 21.5 Å². The van der Waals surface area contributed by atoms with Crippen LogP contribution in [0.2, 0.25) is 0 Å². The summed E-state index contributed by atoms with van der Waals surface area (Å²) in [6.45, 7) is 3.95. The molecular weight excluding hydrogens is 424 g/mol. The fraction of sp³-hybridized carbons (Fsp3) is 0.200. The second kappa shape index (κ2) is 10.8. The summed E-state index contributed by atoms with van der Waals surface area (Å²) in [7, 11) is 0. The highest BCUT2D eigenvalue weighted by atomic mass is 16.5. The summed E-state index contributed by atoms with van der Waals surface area (Å²) in [4.78, 5) is 26.4. The van der Waals surface area contributed by atoms with Gasteiger partial charge in [-0.1, -0.05) is 87.4 Å². The molecule has 4 nitrogen and oxygen atoms in total. The van der Waals surface area contributed by atoms with Gasteiger partial charge in [-0.2, -0.15) is 0 Å². The molecule has 0 aliphatic rings. The number of rotatable bonds is 8. The van der Waals surface area contributed by atoms with Crippen LogP contribution in [0.4, 0.5) is 0 Å². The van der Waals surface area contributed by atoms with Gasteiger partial charge in [-0.05, 0) is 58.7 Å². The summed E-state index contributed by atoms with van der Waals surface area (Å²) in [6, 6.07) is 26.8. The van der Waals surface area contributed by atoms with Gasteiger partial charge in [0, 0.05) is 11.1 Å². The Morgan fingerprint density at radius 2 is 0.941 bits per heavy atom. The van der Waals surface area contributed by atoms with Gasteiger partial charge in [0.2, 0.25) is 0 Å². The van der Waals surface area contributed by atoms with E-state index in [9.17, 15) is 9.59 Å². The van der Waals surface area contributed by atoms with Gasteiger partial charge >= 0.3 is 11.9 Å². The fourth-order valence-corrected chi connectivity index (χ4v) is 4.05. The Bertz CT molecular complexity index is 1260. The monoisotopic (exact) mass is 452 g/mol. The molecule has 34 heavy (non-hydrogen) atoms. The van der Waals surface area contributed by atoms with E-state index >= 15 is 0 Å². The molecule has 4 aromatic rings. The summed E-state index contributed by atoms with van der Waals surface area (Å²) in [6.07, 6.45) is 2.29. The van der Waals surface area contributed by atoms with Crippen LogP contribution in [0.15, 0.2) is 96.1 Å². The van der Waals surface area contributed by atoms with Gasteiger partial charge in [-0.25, -0.2) is 9.59 Å². The lowest BCUT2D eigenvalue weighted by atomic mass is 9.99. The van der Waals surface area contributed by atoms with Crippen molar-refractivity contribution in [2.24, 2.45) is 0 Å². The maximum Gasteiger partial charge on any atom is 0.339 e. The third kappa shape index (κ3) is 5.34. The molecule has 0 aliphatic heterocycles. The van der Waals surface area contributed by atoms with E-state index in [4.69, 9.17) is 9.47 Å². The van der Waals surface area contributed by atoms with E-state index in [0.29, 0.717) is 48.3 Å². The minimum Gasteiger partial charge on any atom is -0.423 e. The molecule has 0 N–H and O–H groups in total. The van der Waals surface area contributed by atoms with E-state index in [1.807, 2.05) is 86.6 Å². The highest BCUT2D eigenvalue weighted by molar-refractivity contribution is 6.02. The number of benzene rings is 4. The summed E-state index contributed by atoms with van der Waals surface area (Å²) >= 11 is 0. The fourth-order valence-electron chi connectivity index (χ4n) is 4.05. The van der Waals surface area contributed by atoms with Crippen molar-refractivity contribution >= 4 is 33.5 Å². The summed E-state index contributed by atoms with van der Waals surface area (Å²) in [5.41, 5.74) is 0.756. The average Bonchev–Trinajstić information content (AvgIpc) is 2.86. The first kappa shape index (κ1) is 23.2. The molecule has 0 saturated heterocycles. The first-order valence-electron chi connectivity index (χ1n) is 11.7. The Morgan fingerprint density at radius 1 is 0.559 bits per heavy atom. The second-order valence-electron chi connectivity index (χ2n) is 8.25. The molecule has 0 saturated carbocycles. The molecular formula is C30H28O4. The van der Waals surface area contributed by atoms with Crippen LogP contribution in [0.5, 0.6) is 11.5 Å². The van der Waals surface area contributed by atoms with E-state index in [1.165, 1.54) is 0 Å². The Morgan fingerprint density at radius 3 is 1.32 bits per heavy atom. The lowest BCUT2D eigenvalue weighted by molar-refractivity contribution is -0.133. The maximum absolute atomic E-state index is 13.2. The van der Waals surface area contributed by atoms with Crippen molar-refractivity contribution in [1.29, 1.82) is 0 Å². The summed E-state index contributed by atoms with van der Waals surface area (Å²) in [5.74, 6) is -0.0980. The van der Waals surface area contributed by atoms with Crippen molar-refractivity contribution in [1.82, 2.24) is 0 Å². The van der Waals surface area contributed by atoms with Crippen LogP contribution >= 0.6 is 0 Å². The largest absolute Gasteiger partial charge is 0.423 e. The molecule has 0 unspecified atom stereocenters. The highest BCUT2D eigenvalue weighted by Gasteiger charge is 2.23. The molecule has 0 aliphatic carbocycles. The number of carbonyl (C=O) groups is 2. The van der Waals surface area contributed by atoms with Crippen LogP contribution in [0, 0.1) is 0 Å². The third-order valence-electron chi connectivity index (χ3n) is 5.72. The van der Waals surface area contributed by atoms with Gasteiger partial charge in [0.25, 0.3) is 0 Å². The highest BCUT2D eigenvalue weighted by Crippen LogP contribution is 2.26. The lowest BCUT2D eigenvalue weighted by Crippen LogP contribution is -2.20. The number of hydrogen-bond acceptors (Lipinski definition) is 4. The Hall–Kier alpha value is -3.92. The normalized spacial score (nSPS) is 11.8. The van der Waals surface area contributed by atoms with Crippen LogP contribution in [0.1, 0.15) is 39.5 Å². The van der Waals surface area contributed by atoms with Crippen molar-refractivity contribution < 1.29 is 19.1 Å². The summed E-state index contributed by atoms with van der Waals surface area (Å²) in [5, 5.41) is 4.10. The van der Waals surface area contributed by atoms with Crippen LogP contribution in [-0.2, 0) is 9.59 Å².